The predicted octanol–water partition coefficient (Wildman–Crippen LogP) is 3.92. The molecule has 2 heterocycles. The van der Waals surface area contributed by atoms with Crippen molar-refractivity contribution in [2.24, 2.45) is 5.41 Å². The number of carbonyl (C=O) groups is 3. The minimum Gasteiger partial charge on any atom is -0.480 e. The van der Waals surface area contributed by atoms with Gasteiger partial charge in [0.2, 0.25) is 5.91 Å². The van der Waals surface area contributed by atoms with Crippen LogP contribution in [0.25, 0.3) is 0 Å². The first kappa shape index (κ1) is 20.9. The van der Waals surface area contributed by atoms with Gasteiger partial charge in [-0.1, -0.05) is 36.7 Å². The molecule has 2 N–H and O–H groups in total. The molecule has 1 atom stereocenters. The van der Waals surface area contributed by atoms with E-state index in [2.05, 4.69) is 5.32 Å². The van der Waals surface area contributed by atoms with Gasteiger partial charge in [0, 0.05) is 12.1 Å². The van der Waals surface area contributed by atoms with Crippen LogP contribution in [0, 0.1) is 5.41 Å². The van der Waals surface area contributed by atoms with Crippen molar-refractivity contribution in [1.82, 2.24) is 10.2 Å². The van der Waals surface area contributed by atoms with E-state index in [0.29, 0.717) is 24.3 Å². The molecule has 0 radical (unpaired) electrons. The number of benzene rings is 2. The number of carboxylic acids is 1. The molecule has 166 valence electrons. The zero-order chi connectivity index (χ0) is 22.3. The molecule has 0 bridgehead atoms. The fourth-order valence-corrected chi connectivity index (χ4v) is 5.99. The number of carboxylic acid groups (broad SMARTS) is 1. The monoisotopic (exact) mass is 452 g/mol. The van der Waals surface area contributed by atoms with E-state index >= 15 is 0 Å². The molecule has 7 nitrogen and oxygen atoms in total. The molecule has 2 fully saturated rings. The third-order valence-electron chi connectivity index (χ3n) is 6.67. The van der Waals surface area contributed by atoms with Crippen LogP contribution in [0.2, 0.25) is 0 Å². The summed E-state index contributed by atoms with van der Waals surface area (Å²) in [6, 6.07) is 12.1. The third-order valence-corrected chi connectivity index (χ3v) is 7.79. The Balaban J connectivity index is 1.24. The van der Waals surface area contributed by atoms with Crippen LogP contribution in [0.4, 0.5) is 0 Å². The number of ether oxygens (including phenoxy) is 1. The van der Waals surface area contributed by atoms with Crippen LogP contribution >= 0.6 is 11.8 Å². The van der Waals surface area contributed by atoms with Crippen molar-refractivity contribution in [1.29, 1.82) is 0 Å². The summed E-state index contributed by atoms with van der Waals surface area (Å²) < 4.78 is 5.93. The average molecular weight is 453 g/mol. The smallest absolute Gasteiger partial charge is 0.326 e. The molecular weight excluding hydrogens is 428 g/mol. The maximum atomic E-state index is 12.8. The minimum atomic E-state index is -0.974. The summed E-state index contributed by atoms with van der Waals surface area (Å²) in [5.41, 5.74) is 0.312. The van der Waals surface area contributed by atoms with Crippen molar-refractivity contribution in [3.8, 4) is 11.5 Å². The number of aliphatic carboxylic acids is 1. The quantitative estimate of drug-likeness (QED) is 0.623. The highest BCUT2D eigenvalue weighted by atomic mass is 32.2. The van der Waals surface area contributed by atoms with Gasteiger partial charge in [-0.05, 0) is 55.0 Å². The summed E-state index contributed by atoms with van der Waals surface area (Å²) in [7, 11) is 0. The maximum Gasteiger partial charge on any atom is 0.326 e. The zero-order valence-corrected chi connectivity index (χ0v) is 18.3. The van der Waals surface area contributed by atoms with Crippen molar-refractivity contribution >= 4 is 29.5 Å². The van der Waals surface area contributed by atoms with Crippen LogP contribution in [-0.4, -0.2) is 46.9 Å². The lowest BCUT2D eigenvalue weighted by Gasteiger charge is -2.24. The second-order valence-electron chi connectivity index (χ2n) is 8.78. The summed E-state index contributed by atoms with van der Waals surface area (Å²) in [6.45, 7) is 0.232. The Labute approximate surface area is 190 Å². The van der Waals surface area contributed by atoms with Crippen LogP contribution in [0.3, 0.4) is 0 Å². The summed E-state index contributed by atoms with van der Waals surface area (Å²) in [5.74, 6) is -0.379. The lowest BCUT2D eigenvalue weighted by molar-refractivity contribution is -0.147. The van der Waals surface area contributed by atoms with Crippen LogP contribution in [-0.2, 0) is 9.59 Å². The maximum absolute atomic E-state index is 12.8. The molecule has 8 heteroatoms. The predicted molar refractivity (Wildman–Crippen MR) is 118 cm³/mol. The highest BCUT2D eigenvalue weighted by Crippen LogP contribution is 2.48. The number of para-hydroxylation sites is 1. The number of hydrogen-bond acceptors (Lipinski definition) is 5. The molecule has 5 rings (SSSR count). The minimum absolute atomic E-state index is 0.0769. The molecule has 2 aliphatic heterocycles. The molecule has 2 aromatic carbocycles. The number of rotatable bonds is 4. The fourth-order valence-electron chi connectivity index (χ4n) is 5.05. The van der Waals surface area contributed by atoms with Crippen LogP contribution in [0.15, 0.2) is 52.3 Å². The number of likely N-dealkylation sites (tertiary alicyclic amines) is 1. The lowest BCUT2D eigenvalue weighted by Crippen LogP contribution is -2.45. The van der Waals surface area contributed by atoms with E-state index in [1.165, 1.54) is 4.90 Å². The van der Waals surface area contributed by atoms with Gasteiger partial charge >= 0.3 is 5.97 Å². The van der Waals surface area contributed by atoms with E-state index in [9.17, 15) is 19.5 Å². The Bertz CT molecular complexity index is 1100. The zero-order valence-electron chi connectivity index (χ0n) is 17.5. The molecule has 1 aliphatic carbocycles. The van der Waals surface area contributed by atoms with Crippen LogP contribution in [0.1, 0.15) is 42.5 Å². The molecule has 1 saturated heterocycles. The van der Waals surface area contributed by atoms with Gasteiger partial charge in [-0.2, -0.15) is 0 Å². The van der Waals surface area contributed by atoms with Gasteiger partial charge in [0.25, 0.3) is 5.91 Å². The number of hydrogen-bond donors (Lipinski definition) is 2. The SMILES string of the molecule is O=C(NCC(=O)N1CC2(CCCC2)CC1C(=O)O)c1ccc2c(c1)Oc1ccccc1S2. The summed E-state index contributed by atoms with van der Waals surface area (Å²) in [6.07, 6.45) is 4.58. The Morgan fingerprint density at radius 1 is 1.09 bits per heavy atom. The largest absolute Gasteiger partial charge is 0.480 e. The van der Waals surface area contributed by atoms with E-state index in [1.54, 1.807) is 23.9 Å². The number of nitrogens with zero attached hydrogens (tertiary/aromatic N) is 1. The number of fused-ring (bicyclic) bond motifs is 2. The van der Waals surface area contributed by atoms with Gasteiger partial charge in [0.1, 0.15) is 17.5 Å². The molecule has 32 heavy (non-hydrogen) atoms. The Morgan fingerprint density at radius 3 is 2.62 bits per heavy atom. The molecule has 1 saturated carbocycles. The highest BCUT2D eigenvalue weighted by molar-refractivity contribution is 7.99. The first-order valence-corrected chi connectivity index (χ1v) is 11.7. The van der Waals surface area contributed by atoms with Crippen molar-refractivity contribution in [3.63, 3.8) is 0 Å². The standard InChI is InChI=1S/C24H24N2O5S/c27-21(26-14-24(9-3-4-10-24)12-16(26)23(29)30)13-25-22(28)15-7-8-20-18(11-15)31-17-5-1-2-6-19(17)32-20/h1-2,5-8,11,16H,3-4,9-10,12-14H2,(H,25,28)(H,29,30). The van der Waals surface area contributed by atoms with Crippen LogP contribution < -0.4 is 10.1 Å². The summed E-state index contributed by atoms with van der Waals surface area (Å²) in [4.78, 5) is 40.6. The van der Waals surface area contributed by atoms with Crippen molar-refractivity contribution in [3.05, 3.63) is 48.0 Å². The van der Waals surface area contributed by atoms with E-state index < -0.39 is 17.9 Å². The number of amides is 2. The molecule has 1 spiro atoms. The Hall–Kier alpha value is -3.00. The Morgan fingerprint density at radius 2 is 1.84 bits per heavy atom. The molecule has 1 unspecified atom stereocenters. The molecule has 3 aliphatic rings. The first-order chi connectivity index (χ1) is 15.4. The van der Waals surface area contributed by atoms with E-state index in [4.69, 9.17) is 4.74 Å². The molecule has 2 amide bonds. The fraction of sp³-hybridized carbons (Fsp3) is 0.375. The van der Waals surface area contributed by atoms with Gasteiger partial charge < -0.3 is 20.1 Å². The number of nitrogens with one attached hydrogen (secondary N) is 1. The first-order valence-electron chi connectivity index (χ1n) is 10.8. The van der Waals surface area contributed by atoms with E-state index in [-0.39, 0.29) is 17.9 Å². The topological polar surface area (TPSA) is 95.9 Å². The van der Waals surface area contributed by atoms with Crippen molar-refractivity contribution in [2.75, 3.05) is 13.1 Å². The van der Waals surface area contributed by atoms with Crippen molar-refractivity contribution < 1.29 is 24.2 Å². The van der Waals surface area contributed by atoms with Gasteiger partial charge in [0.15, 0.2) is 0 Å². The average Bonchev–Trinajstić information content (AvgIpc) is 3.42. The summed E-state index contributed by atoms with van der Waals surface area (Å²) >= 11 is 1.58. The van der Waals surface area contributed by atoms with Gasteiger partial charge in [-0.25, -0.2) is 4.79 Å². The molecular formula is C24H24N2O5S. The summed E-state index contributed by atoms with van der Waals surface area (Å²) in [5, 5.41) is 12.3. The Kier molecular flexibility index (Phi) is 5.33. The second kappa shape index (κ2) is 8.16. The van der Waals surface area contributed by atoms with Crippen LogP contribution in [0.5, 0.6) is 11.5 Å². The normalized spacial score (nSPS) is 20.4. The van der Waals surface area contributed by atoms with Gasteiger partial charge in [-0.3, -0.25) is 9.59 Å². The molecule has 2 aromatic rings. The molecule has 0 aromatic heterocycles. The third kappa shape index (κ3) is 3.83. The van der Waals surface area contributed by atoms with Crippen molar-refractivity contribution in [2.45, 2.75) is 47.9 Å². The van der Waals surface area contributed by atoms with E-state index in [1.807, 2.05) is 30.3 Å². The number of carbonyl (C=O) groups excluding carboxylic acids is 2. The highest BCUT2D eigenvalue weighted by Gasteiger charge is 2.49. The van der Waals surface area contributed by atoms with Gasteiger partial charge in [-0.15, -0.1) is 0 Å². The lowest BCUT2D eigenvalue weighted by atomic mass is 9.84. The second-order valence-corrected chi connectivity index (χ2v) is 9.87. The van der Waals surface area contributed by atoms with Gasteiger partial charge in [0.05, 0.1) is 16.3 Å². The van der Waals surface area contributed by atoms with E-state index in [0.717, 1.165) is 41.2 Å².